The molecule has 0 radical (unpaired) electrons. The lowest BCUT2D eigenvalue weighted by molar-refractivity contribution is -0.138. The number of aromatic nitrogens is 1. The number of hydrogen-bond donors (Lipinski definition) is 0. The molecule has 3 fully saturated rings. The maximum atomic E-state index is 12.8. The molecule has 1 aromatic heterocycles. The van der Waals surface area contributed by atoms with Crippen LogP contribution in [0.4, 0.5) is 0 Å². The van der Waals surface area contributed by atoms with E-state index in [4.69, 9.17) is 0 Å². The fraction of sp³-hybridized carbons (Fsp3) is 0.647. The smallest absolute Gasteiger partial charge is 0.244 e. The molecule has 1 aliphatic heterocycles. The third-order valence-electron chi connectivity index (χ3n) is 5.88. The number of carbonyl (C=O) groups is 1. The fourth-order valence-electron chi connectivity index (χ4n) is 4.58. The molecular formula is C17H23N3O3S. The van der Waals surface area contributed by atoms with E-state index in [0.29, 0.717) is 32.1 Å². The summed E-state index contributed by atoms with van der Waals surface area (Å²) in [5.41, 5.74) is 0. The molecular weight excluding hydrogens is 326 g/mol. The molecule has 7 heteroatoms. The van der Waals surface area contributed by atoms with Gasteiger partial charge in [-0.1, -0.05) is 6.42 Å². The normalized spacial score (nSPS) is 30.7. The zero-order valence-corrected chi connectivity index (χ0v) is 14.5. The van der Waals surface area contributed by atoms with E-state index in [1.54, 1.807) is 18.3 Å². The number of rotatable bonds is 3. The van der Waals surface area contributed by atoms with Crippen LogP contribution in [-0.2, 0) is 14.8 Å². The maximum Gasteiger partial charge on any atom is 0.244 e. The van der Waals surface area contributed by atoms with Crippen molar-refractivity contribution in [3.8, 4) is 0 Å². The van der Waals surface area contributed by atoms with Crippen LogP contribution in [0.15, 0.2) is 29.4 Å². The number of nitrogens with zero attached hydrogens (tertiary/aromatic N) is 3. The molecule has 3 aliphatic rings. The number of piperazine rings is 1. The molecule has 1 saturated heterocycles. The third-order valence-corrected chi connectivity index (χ3v) is 7.76. The Balaban J connectivity index is 1.39. The molecule has 4 rings (SSSR count). The molecule has 3 atom stereocenters. The summed E-state index contributed by atoms with van der Waals surface area (Å²) in [6, 6.07) is 3.19. The van der Waals surface area contributed by atoms with Crippen molar-refractivity contribution in [3.05, 3.63) is 24.5 Å². The molecule has 1 aromatic rings. The number of amides is 1. The van der Waals surface area contributed by atoms with Gasteiger partial charge in [0.05, 0.1) is 0 Å². The van der Waals surface area contributed by atoms with E-state index >= 15 is 0 Å². The second-order valence-electron chi connectivity index (χ2n) is 7.20. The molecule has 0 N–H and O–H groups in total. The number of hydrogen-bond acceptors (Lipinski definition) is 4. The molecule has 0 aromatic carbocycles. The predicted octanol–water partition coefficient (Wildman–Crippen LogP) is 1.35. The van der Waals surface area contributed by atoms with Crippen molar-refractivity contribution in [1.29, 1.82) is 0 Å². The first-order chi connectivity index (χ1) is 11.6. The van der Waals surface area contributed by atoms with Gasteiger partial charge in [0.1, 0.15) is 4.90 Å². The minimum atomic E-state index is -3.51. The lowest BCUT2D eigenvalue weighted by Gasteiger charge is -2.36. The van der Waals surface area contributed by atoms with Gasteiger partial charge in [-0.25, -0.2) is 8.42 Å². The van der Waals surface area contributed by atoms with Gasteiger partial charge >= 0.3 is 0 Å². The van der Waals surface area contributed by atoms with Crippen LogP contribution in [0.1, 0.15) is 25.7 Å². The highest BCUT2D eigenvalue weighted by Gasteiger charge is 2.45. The van der Waals surface area contributed by atoms with Crippen LogP contribution in [0.2, 0.25) is 0 Å². The Morgan fingerprint density at radius 2 is 1.92 bits per heavy atom. The summed E-state index contributed by atoms with van der Waals surface area (Å²) in [5, 5.41) is 0. The second kappa shape index (κ2) is 6.11. The average Bonchev–Trinajstić information content (AvgIpc) is 3.25. The lowest BCUT2D eigenvalue weighted by atomic mass is 9.87. The monoisotopic (exact) mass is 349 g/mol. The Bertz CT molecular complexity index is 714. The molecule has 1 amide bonds. The van der Waals surface area contributed by atoms with Crippen molar-refractivity contribution in [2.75, 3.05) is 26.2 Å². The minimum absolute atomic E-state index is 0.185. The van der Waals surface area contributed by atoms with Crippen LogP contribution < -0.4 is 0 Å². The van der Waals surface area contributed by atoms with Crippen LogP contribution in [0.3, 0.4) is 0 Å². The van der Waals surface area contributed by atoms with Gasteiger partial charge in [0.15, 0.2) is 0 Å². The van der Waals surface area contributed by atoms with E-state index in [0.717, 1.165) is 12.3 Å². The van der Waals surface area contributed by atoms with Crippen molar-refractivity contribution in [1.82, 2.24) is 14.2 Å². The highest BCUT2D eigenvalue weighted by molar-refractivity contribution is 7.89. The van der Waals surface area contributed by atoms with Gasteiger partial charge in [-0.15, -0.1) is 0 Å². The van der Waals surface area contributed by atoms with E-state index in [1.807, 2.05) is 4.90 Å². The Hall–Kier alpha value is -1.47. The first-order valence-corrected chi connectivity index (χ1v) is 10.2. The molecule has 2 aliphatic carbocycles. The summed E-state index contributed by atoms with van der Waals surface area (Å²) in [7, 11) is -3.51. The molecule has 2 saturated carbocycles. The Morgan fingerprint density at radius 3 is 2.50 bits per heavy atom. The summed E-state index contributed by atoms with van der Waals surface area (Å²) in [4.78, 5) is 18.8. The first-order valence-electron chi connectivity index (χ1n) is 8.74. The first kappa shape index (κ1) is 16.0. The Morgan fingerprint density at radius 1 is 1.12 bits per heavy atom. The van der Waals surface area contributed by atoms with E-state index in [-0.39, 0.29) is 16.7 Å². The number of fused-ring (bicyclic) bond motifs is 2. The van der Waals surface area contributed by atoms with Crippen molar-refractivity contribution < 1.29 is 13.2 Å². The zero-order chi connectivity index (χ0) is 16.7. The molecule has 6 nitrogen and oxygen atoms in total. The quantitative estimate of drug-likeness (QED) is 0.826. The fourth-order valence-corrected chi connectivity index (χ4v) is 5.97. The van der Waals surface area contributed by atoms with Gasteiger partial charge in [0.25, 0.3) is 0 Å². The van der Waals surface area contributed by atoms with Crippen LogP contribution in [-0.4, -0.2) is 54.7 Å². The third kappa shape index (κ3) is 2.73. The second-order valence-corrected chi connectivity index (χ2v) is 9.14. The van der Waals surface area contributed by atoms with E-state index in [9.17, 15) is 13.2 Å². The minimum Gasteiger partial charge on any atom is -0.340 e. The summed E-state index contributed by atoms with van der Waals surface area (Å²) in [5.74, 6) is 1.75. The van der Waals surface area contributed by atoms with Gasteiger partial charge in [-0.2, -0.15) is 4.31 Å². The summed E-state index contributed by atoms with van der Waals surface area (Å²) in [6.07, 6.45) is 7.67. The van der Waals surface area contributed by atoms with Crippen molar-refractivity contribution in [2.45, 2.75) is 30.6 Å². The number of pyridine rings is 1. The standard InChI is InChI=1S/C17H23N3O3S/c21-17(16-11-13-3-4-14(16)10-13)19-6-8-20(9-7-19)24(22,23)15-2-1-5-18-12-15/h1-2,5,12-14,16H,3-4,6-11H2/t13-,14-,16+/m0/s1. The largest absolute Gasteiger partial charge is 0.340 e. The van der Waals surface area contributed by atoms with E-state index in [1.165, 1.54) is 29.8 Å². The number of sulfonamides is 1. The van der Waals surface area contributed by atoms with Crippen molar-refractivity contribution in [3.63, 3.8) is 0 Å². The SMILES string of the molecule is O=C([C@@H]1C[C@H]2CC[C@H]1C2)N1CCN(S(=O)(=O)c2cccnc2)CC1. The summed E-state index contributed by atoms with van der Waals surface area (Å²) < 4.78 is 26.7. The predicted molar refractivity (Wildman–Crippen MR) is 88.5 cm³/mol. The highest BCUT2D eigenvalue weighted by atomic mass is 32.2. The number of carbonyl (C=O) groups excluding carboxylic acids is 1. The molecule has 0 spiro atoms. The Kier molecular flexibility index (Phi) is 4.08. The van der Waals surface area contributed by atoms with Crippen LogP contribution in [0, 0.1) is 17.8 Å². The topological polar surface area (TPSA) is 70.6 Å². The van der Waals surface area contributed by atoms with Gasteiger partial charge in [0, 0.05) is 44.5 Å². The van der Waals surface area contributed by atoms with E-state index < -0.39 is 10.0 Å². The van der Waals surface area contributed by atoms with Crippen LogP contribution in [0.5, 0.6) is 0 Å². The molecule has 2 heterocycles. The Labute approximate surface area is 142 Å². The van der Waals surface area contributed by atoms with Gasteiger partial charge in [-0.05, 0) is 43.2 Å². The molecule has 24 heavy (non-hydrogen) atoms. The van der Waals surface area contributed by atoms with Crippen molar-refractivity contribution in [2.24, 2.45) is 17.8 Å². The average molecular weight is 349 g/mol. The summed E-state index contributed by atoms with van der Waals surface area (Å²) >= 11 is 0. The van der Waals surface area contributed by atoms with Gasteiger partial charge in [-0.3, -0.25) is 9.78 Å². The molecule has 0 unspecified atom stereocenters. The zero-order valence-electron chi connectivity index (χ0n) is 13.7. The van der Waals surface area contributed by atoms with Crippen LogP contribution in [0.25, 0.3) is 0 Å². The summed E-state index contributed by atoms with van der Waals surface area (Å²) in [6.45, 7) is 1.71. The lowest BCUT2D eigenvalue weighted by Crippen LogP contribution is -2.52. The molecule has 2 bridgehead atoms. The van der Waals surface area contributed by atoms with Gasteiger partial charge < -0.3 is 4.90 Å². The maximum absolute atomic E-state index is 12.8. The highest BCUT2D eigenvalue weighted by Crippen LogP contribution is 2.48. The molecule has 130 valence electrons. The van der Waals surface area contributed by atoms with Crippen molar-refractivity contribution >= 4 is 15.9 Å². The van der Waals surface area contributed by atoms with E-state index in [2.05, 4.69) is 4.98 Å². The van der Waals surface area contributed by atoms with Crippen LogP contribution >= 0.6 is 0 Å². The van der Waals surface area contributed by atoms with Gasteiger partial charge in [0.2, 0.25) is 15.9 Å².